The molecule has 0 bridgehead atoms. The van der Waals surface area contributed by atoms with Crippen LogP contribution < -0.4 is 5.73 Å². The molecule has 1 atom stereocenters. The molecule has 2 N–H and O–H groups in total. The quantitative estimate of drug-likeness (QED) is 0.869. The average molecular weight is 330 g/mol. The molecule has 2 aromatic carbocycles. The number of fused-ring (bicyclic) bond motifs is 1. The summed E-state index contributed by atoms with van der Waals surface area (Å²) in [7, 11) is 0. The summed E-state index contributed by atoms with van der Waals surface area (Å²) in [6.07, 6.45) is 0. The Kier molecular flexibility index (Phi) is 5.85. The van der Waals surface area contributed by atoms with Gasteiger partial charge in [0.2, 0.25) is 0 Å². The van der Waals surface area contributed by atoms with Crippen LogP contribution in [0.25, 0.3) is 10.8 Å². The van der Waals surface area contributed by atoms with Gasteiger partial charge >= 0.3 is 11.9 Å². The van der Waals surface area contributed by atoms with Crippen molar-refractivity contribution in [2.24, 2.45) is 5.73 Å². The van der Waals surface area contributed by atoms with Crippen LogP contribution in [0.5, 0.6) is 0 Å². The zero-order valence-electron chi connectivity index (χ0n) is 12.3. The summed E-state index contributed by atoms with van der Waals surface area (Å²) in [5, 5.41) is 1.46. The highest BCUT2D eigenvalue weighted by atomic mass is 35.5. The van der Waals surface area contributed by atoms with Gasteiger partial charge in [-0.2, -0.15) is 8.78 Å². The summed E-state index contributed by atoms with van der Waals surface area (Å²) in [6, 6.07) is 8.65. The summed E-state index contributed by atoms with van der Waals surface area (Å²) in [4.78, 5) is 11.4. The number of halogens is 3. The molecule has 0 saturated heterocycles. The molecule has 0 spiro atoms. The molecular weight excluding hydrogens is 312 g/mol. The van der Waals surface area contributed by atoms with E-state index < -0.39 is 17.9 Å². The van der Waals surface area contributed by atoms with Crippen molar-refractivity contribution >= 4 is 29.1 Å². The van der Waals surface area contributed by atoms with E-state index in [1.807, 2.05) is 19.1 Å². The lowest BCUT2D eigenvalue weighted by Crippen LogP contribution is -2.41. The number of carbonyl (C=O) groups is 1. The van der Waals surface area contributed by atoms with Crippen molar-refractivity contribution in [3.63, 3.8) is 0 Å². The molecule has 0 unspecified atom stereocenters. The molecule has 22 heavy (non-hydrogen) atoms. The van der Waals surface area contributed by atoms with Crippen LogP contribution in [-0.2, 0) is 9.53 Å². The van der Waals surface area contributed by atoms with Crippen molar-refractivity contribution in [3.8, 4) is 0 Å². The second kappa shape index (κ2) is 7.03. The smallest absolute Gasteiger partial charge is 0.379 e. The number of aryl methyl sites for hydroxylation is 1. The Morgan fingerprint density at radius 2 is 1.82 bits per heavy atom. The highest BCUT2D eigenvalue weighted by molar-refractivity contribution is 5.90. The monoisotopic (exact) mass is 329 g/mol. The third kappa shape index (κ3) is 3.20. The number of alkyl halides is 2. The summed E-state index contributed by atoms with van der Waals surface area (Å²) >= 11 is 0. The van der Waals surface area contributed by atoms with Crippen LogP contribution in [0.15, 0.2) is 36.4 Å². The van der Waals surface area contributed by atoms with Crippen molar-refractivity contribution < 1.29 is 18.3 Å². The number of ether oxygens (including phenoxy) is 1. The van der Waals surface area contributed by atoms with E-state index in [0.29, 0.717) is 5.39 Å². The third-order valence-electron chi connectivity index (χ3n) is 3.45. The molecule has 0 heterocycles. The van der Waals surface area contributed by atoms with E-state index in [-0.39, 0.29) is 24.6 Å². The first kappa shape index (κ1) is 18.3. The fourth-order valence-electron chi connectivity index (χ4n) is 2.29. The molecule has 0 radical (unpaired) electrons. The maximum atomic E-state index is 14.1. The van der Waals surface area contributed by atoms with Gasteiger partial charge in [0.05, 0.1) is 6.61 Å². The SMILES string of the molecule is CCOC(=O)C(F)(F)[C@H](N)c1ccc(C)c2ccccc12.Cl. The lowest BCUT2D eigenvalue weighted by Gasteiger charge is -2.23. The van der Waals surface area contributed by atoms with E-state index >= 15 is 0 Å². The lowest BCUT2D eigenvalue weighted by atomic mass is 9.93. The lowest BCUT2D eigenvalue weighted by molar-refractivity contribution is -0.174. The van der Waals surface area contributed by atoms with E-state index in [1.165, 1.54) is 13.0 Å². The molecule has 0 aliphatic carbocycles. The highest BCUT2D eigenvalue weighted by Crippen LogP contribution is 2.35. The van der Waals surface area contributed by atoms with Crippen molar-refractivity contribution in [3.05, 3.63) is 47.5 Å². The molecule has 2 aromatic rings. The Balaban J connectivity index is 0.00000242. The number of hydrogen-bond donors (Lipinski definition) is 1. The fraction of sp³-hybridized carbons (Fsp3) is 0.312. The van der Waals surface area contributed by atoms with Gasteiger partial charge < -0.3 is 10.5 Å². The first-order valence-corrected chi connectivity index (χ1v) is 6.68. The molecule has 0 aliphatic rings. The fourth-order valence-corrected chi connectivity index (χ4v) is 2.29. The van der Waals surface area contributed by atoms with Crippen molar-refractivity contribution in [2.75, 3.05) is 6.61 Å². The molecule has 3 nitrogen and oxygen atoms in total. The minimum atomic E-state index is -3.77. The van der Waals surface area contributed by atoms with Crippen molar-refractivity contribution in [1.29, 1.82) is 0 Å². The van der Waals surface area contributed by atoms with Gasteiger partial charge in [0.25, 0.3) is 0 Å². The van der Waals surface area contributed by atoms with Gasteiger partial charge in [0.1, 0.15) is 6.04 Å². The van der Waals surface area contributed by atoms with Gasteiger partial charge in [-0.15, -0.1) is 12.4 Å². The zero-order valence-corrected chi connectivity index (χ0v) is 13.1. The third-order valence-corrected chi connectivity index (χ3v) is 3.45. The van der Waals surface area contributed by atoms with Crippen LogP contribution in [0.2, 0.25) is 0 Å². The molecule has 0 saturated carbocycles. The normalized spacial score (nSPS) is 12.6. The molecule has 6 heteroatoms. The van der Waals surface area contributed by atoms with E-state index in [1.54, 1.807) is 18.2 Å². The van der Waals surface area contributed by atoms with Gasteiger partial charge in [-0.25, -0.2) is 4.79 Å². The van der Waals surface area contributed by atoms with E-state index in [0.717, 1.165) is 10.9 Å². The second-order valence-corrected chi connectivity index (χ2v) is 4.84. The van der Waals surface area contributed by atoms with E-state index in [4.69, 9.17) is 5.73 Å². The minimum absolute atomic E-state index is 0. The van der Waals surface area contributed by atoms with Gasteiger partial charge in [0.15, 0.2) is 0 Å². The number of benzene rings is 2. The molecule has 0 aromatic heterocycles. The van der Waals surface area contributed by atoms with Crippen LogP contribution >= 0.6 is 12.4 Å². The summed E-state index contributed by atoms with van der Waals surface area (Å²) in [5.41, 5.74) is 6.86. The van der Waals surface area contributed by atoms with Crippen LogP contribution in [0, 0.1) is 6.92 Å². The van der Waals surface area contributed by atoms with Gasteiger partial charge in [-0.1, -0.05) is 36.4 Å². The summed E-state index contributed by atoms with van der Waals surface area (Å²) in [6.45, 7) is 3.25. The predicted molar refractivity (Wildman–Crippen MR) is 84.4 cm³/mol. The van der Waals surface area contributed by atoms with Crippen molar-refractivity contribution in [1.82, 2.24) is 0 Å². The molecule has 0 amide bonds. The van der Waals surface area contributed by atoms with Crippen LogP contribution in [0.3, 0.4) is 0 Å². The standard InChI is InChI=1S/C16H17F2NO2.ClH/c1-3-21-15(20)16(17,18)14(19)13-9-8-10(2)11-6-4-5-7-12(11)13;/h4-9,14H,3,19H2,1-2H3;1H/t14-;/m1./s1. The number of rotatable bonds is 4. The topological polar surface area (TPSA) is 52.3 Å². The van der Waals surface area contributed by atoms with E-state index in [9.17, 15) is 13.6 Å². The first-order valence-electron chi connectivity index (χ1n) is 6.68. The number of nitrogens with two attached hydrogens (primary N) is 1. The Bertz CT molecular complexity index is 676. The Morgan fingerprint density at radius 3 is 2.41 bits per heavy atom. The Hall–Kier alpha value is -1.72. The second-order valence-electron chi connectivity index (χ2n) is 4.84. The Labute approximate surface area is 133 Å². The maximum Gasteiger partial charge on any atom is 0.379 e. The Morgan fingerprint density at radius 1 is 1.23 bits per heavy atom. The van der Waals surface area contributed by atoms with Gasteiger partial charge in [0, 0.05) is 0 Å². The molecule has 0 fully saturated rings. The average Bonchev–Trinajstić information content (AvgIpc) is 2.47. The summed E-state index contributed by atoms with van der Waals surface area (Å²) < 4.78 is 32.6. The van der Waals surface area contributed by atoms with Gasteiger partial charge in [-0.3, -0.25) is 0 Å². The largest absolute Gasteiger partial charge is 0.462 e. The number of carbonyl (C=O) groups excluding carboxylic acids is 1. The molecule has 120 valence electrons. The van der Waals surface area contributed by atoms with Crippen LogP contribution in [0.1, 0.15) is 24.1 Å². The highest BCUT2D eigenvalue weighted by Gasteiger charge is 2.48. The number of esters is 1. The summed E-state index contributed by atoms with van der Waals surface area (Å²) in [5.74, 6) is -5.37. The minimum Gasteiger partial charge on any atom is -0.462 e. The van der Waals surface area contributed by atoms with Crippen LogP contribution in [-0.4, -0.2) is 18.5 Å². The molecule has 2 rings (SSSR count). The molecule has 0 aliphatic heterocycles. The van der Waals surface area contributed by atoms with E-state index in [2.05, 4.69) is 4.74 Å². The zero-order chi connectivity index (χ0) is 15.6. The van der Waals surface area contributed by atoms with Crippen LogP contribution in [0.4, 0.5) is 8.78 Å². The molecular formula is C16H18ClF2NO2. The number of hydrogen-bond acceptors (Lipinski definition) is 3. The first-order chi connectivity index (χ1) is 9.89. The van der Waals surface area contributed by atoms with Crippen molar-refractivity contribution in [2.45, 2.75) is 25.8 Å². The van der Waals surface area contributed by atoms with Gasteiger partial charge in [-0.05, 0) is 35.7 Å². The predicted octanol–water partition coefficient (Wildman–Crippen LogP) is 3.77. The maximum absolute atomic E-state index is 14.1.